The number of aryl methyl sites for hydroxylation is 1. The molecule has 1 heterocycles. The first kappa shape index (κ1) is 14.4. The highest BCUT2D eigenvalue weighted by Gasteiger charge is 2.40. The number of carbonyl (C=O) groups is 1. The molecule has 2 rings (SSSR count). The monoisotopic (exact) mass is 275 g/mol. The molecule has 1 atom stereocenters. The Balaban J connectivity index is 2.12. The number of ether oxygens (including phenoxy) is 1. The SMILES string of the molecule is CC(C)C1(CCc2ccc(N)cc2)CC(O)=CC(=O)O1. The maximum absolute atomic E-state index is 11.6. The number of hydrogen-bond donors (Lipinski definition) is 2. The highest BCUT2D eigenvalue weighted by atomic mass is 16.6. The maximum Gasteiger partial charge on any atom is 0.334 e. The Morgan fingerprint density at radius 1 is 1.35 bits per heavy atom. The van der Waals surface area contributed by atoms with Crippen molar-refractivity contribution < 1.29 is 14.6 Å². The summed E-state index contributed by atoms with van der Waals surface area (Å²) in [7, 11) is 0. The first-order chi connectivity index (χ1) is 9.41. The van der Waals surface area contributed by atoms with E-state index in [1.54, 1.807) is 0 Å². The number of anilines is 1. The summed E-state index contributed by atoms with van der Waals surface area (Å²) >= 11 is 0. The number of nitrogens with two attached hydrogens (primary N) is 1. The van der Waals surface area contributed by atoms with Gasteiger partial charge in [-0.3, -0.25) is 0 Å². The van der Waals surface area contributed by atoms with E-state index in [9.17, 15) is 9.90 Å². The molecule has 0 fully saturated rings. The van der Waals surface area contributed by atoms with Gasteiger partial charge in [0.2, 0.25) is 0 Å². The fourth-order valence-corrected chi connectivity index (χ4v) is 2.55. The Kier molecular flexibility index (Phi) is 4.02. The molecule has 20 heavy (non-hydrogen) atoms. The molecule has 0 bridgehead atoms. The molecule has 1 aliphatic rings. The largest absolute Gasteiger partial charge is 0.512 e. The number of carbonyl (C=O) groups excluding carboxylic acids is 1. The summed E-state index contributed by atoms with van der Waals surface area (Å²) in [6, 6.07) is 7.68. The van der Waals surface area contributed by atoms with Crippen molar-refractivity contribution in [3.05, 3.63) is 41.7 Å². The number of benzene rings is 1. The van der Waals surface area contributed by atoms with Crippen LogP contribution in [0.4, 0.5) is 5.69 Å². The maximum atomic E-state index is 11.6. The number of aliphatic hydroxyl groups is 1. The molecule has 0 radical (unpaired) electrons. The molecular weight excluding hydrogens is 254 g/mol. The third-order valence-corrected chi connectivity index (χ3v) is 3.94. The molecule has 0 saturated carbocycles. The lowest BCUT2D eigenvalue weighted by molar-refractivity contribution is -0.163. The van der Waals surface area contributed by atoms with E-state index < -0.39 is 11.6 Å². The van der Waals surface area contributed by atoms with E-state index in [1.807, 2.05) is 38.1 Å². The van der Waals surface area contributed by atoms with Crippen LogP contribution in [0.2, 0.25) is 0 Å². The van der Waals surface area contributed by atoms with Gasteiger partial charge in [-0.05, 0) is 36.5 Å². The second kappa shape index (κ2) is 5.57. The summed E-state index contributed by atoms with van der Waals surface area (Å²) in [5.41, 5.74) is 6.91. The Labute approximate surface area is 119 Å². The lowest BCUT2D eigenvalue weighted by atomic mass is 9.80. The van der Waals surface area contributed by atoms with Crippen LogP contribution in [0.3, 0.4) is 0 Å². The van der Waals surface area contributed by atoms with Gasteiger partial charge in [0.15, 0.2) is 0 Å². The zero-order chi connectivity index (χ0) is 14.8. The average molecular weight is 275 g/mol. The van der Waals surface area contributed by atoms with Crippen LogP contribution in [0.25, 0.3) is 0 Å². The molecule has 1 aliphatic heterocycles. The van der Waals surface area contributed by atoms with E-state index in [4.69, 9.17) is 10.5 Å². The van der Waals surface area contributed by atoms with Crippen molar-refractivity contribution in [3.8, 4) is 0 Å². The zero-order valence-corrected chi connectivity index (χ0v) is 11.9. The highest BCUT2D eigenvalue weighted by molar-refractivity contribution is 5.83. The molecule has 0 aromatic heterocycles. The van der Waals surface area contributed by atoms with E-state index in [2.05, 4.69) is 0 Å². The summed E-state index contributed by atoms with van der Waals surface area (Å²) in [5.74, 6) is -0.219. The van der Waals surface area contributed by atoms with Gasteiger partial charge in [-0.1, -0.05) is 26.0 Å². The zero-order valence-electron chi connectivity index (χ0n) is 11.9. The van der Waals surface area contributed by atoms with Gasteiger partial charge in [0.05, 0.1) is 6.08 Å². The Morgan fingerprint density at radius 3 is 2.55 bits per heavy atom. The predicted molar refractivity (Wildman–Crippen MR) is 78.2 cm³/mol. The third-order valence-electron chi connectivity index (χ3n) is 3.94. The van der Waals surface area contributed by atoms with Crippen LogP contribution in [0.1, 0.15) is 32.3 Å². The Bertz CT molecular complexity index is 519. The van der Waals surface area contributed by atoms with E-state index in [0.29, 0.717) is 12.8 Å². The van der Waals surface area contributed by atoms with Crippen LogP contribution in [-0.2, 0) is 16.0 Å². The van der Waals surface area contributed by atoms with Gasteiger partial charge in [0, 0.05) is 12.1 Å². The van der Waals surface area contributed by atoms with Crippen molar-refractivity contribution in [2.45, 2.75) is 38.7 Å². The summed E-state index contributed by atoms with van der Waals surface area (Å²) < 4.78 is 5.55. The van der Waals surface area contributed by atoms with Gasteiger partial charge >= 0.3 is 5.97 Å². The topological polar surface area (TPSA) is 72.5 Å². The molecule has 0 spiro atoms. The molecule has 4 heteroatoms. The minimum absolute atomic E-state index is 0.104. The molecule has 4 nitrogen and oxygen atoms in total. The number of esters is 1. The predicted octanol–water partition coefficient (Wildman–Crippen LogP) is 2.99. The second-order valence-corrected chi connectivity index (χ2v) is 5.69. The molecule has 108 valence electrons. The van der Waals surface area contributed by atoms with E-state index in [1.165, 1.54) is 0 Å². The van der Waals surface area contributed by atoms with Crippen molar-refractivity contribution in [1.29, 1.82) is 0 Å². The van der Waals surface area contributed by atoms with Gasteiger partial charge in [-0.25, -0.2) is 4.79 Å². The van der Waals surface area contributed by atoms with E-state index >= 15 is 0 Å². The van der Waals surface area contributed by atoms with Crippen molar-refractivity contribution in [1.82, 2.24) is 0 Å². The smallest absolute Gasteiger partial charge is 0.334 e. The van der Waals surface area contributed by atoms with E-state index in [0.717, 1.165) is 23.7 Å². The number of aliphatic hydroxyl groups excluding tert-OH is 1. The van der Waals surface area contributed by atoms with Crippen LogP contribution in [-0.4, -0.2) is 16.7 Å². The van der Waals surface area contributed by atoms with Crippen molar-refractivity contribution >= 4 is 11.7 Å². The van der Waals surface area contributed by atoms with Crippen LogP contribution >= 0.6 is 0 Å². The Morgan fingerprint density at radius 2 is 2.00 bits per heavy atom. The molecule has 0 amide bonds. The lowest BCUT2D eigenvalue weighted by Gasteiger charge is -2.39. The van der Waals surface area contributed by atoms with Gasteiger partial charge in [-0.15, -0.1) is 0 Å². The summed E-state index contributed by atoms with van der Waals surface area (Å²) in [6.07, 6.45) is 2.99. The molecule has 1 unspecified atom stereocenters. The van der Waals surface area contributed by atoms with Crippen LogP contribution in [0, 0.1) is 5.92 Å². The molecular formula is C16H21NO3. The van der Waals surface area contributed by atoms with Gasteiger partial charge < -0.3 is 15.6 Å². The standard InChI is InChI=1S/C16H21NO3/c1-11(2)16(10-14(18)9-15(19)20-16)8-7-12-3-5-13(17)6-4-12/h3-6,9,11,18H,7-8,10,17H2,1-2H3. The van der Waals surface area contributed by atoms with Gasteiger partial charge in [0.25, 0.3) is 0 Å². The van der Waals surface area contributed by atoms with Crippen molar-refractivity contribution in [2.24, 2.45) is 5.92 Å². The van der Waals surface area contributed by atoms with Crippen molar-refractivity contribution in [2.75, 3.05) is 5.73 Å². The minimum Gasteiger partial charge on any atom is -0.512 e. The highest BCUT2D eigenvalue weighted by Crippen LogP contribution is 2.36. The molecule has 0 aliphatic carbocycles. The lowest BCUT2D eigenvalue weighted by Crippen LogP contribution is -2.43. The molecule has 0 saturated heterocycles. The second-order valence-electron chi connectivity index (χ2n) is 5.69. The van der Waals surface area contributed by atoms with Crippen LogP contribution < -0.4 is 5.73 Å². The fraction of sp³-hybridized carbons (Fsp3) is 0.438. The number of cyclic esters (lactones) is 1. The minimum atomic E-state index is -0.628. The molecule has 1 aromatic carbocycles. The third kappa shape index (κ3) is 3.13. The fourth-order valence-electron chi connectivity index (χ4n) is 2.55. The average Bonchev–Trinajstić information content (AvgIpc) is 2.37. The summed E-state index contributed by atoms with van der Waals surface area (Å²) in [6.45, 7) is 4.02. The molecule has 1 aromatic rings. The number of rotatable bonds is 4. The number of nitrogen functional groups attached to an aromatic ring is 1. The first-order valence-corrected chi connectivity index (χ1v) is 6.88. The van der Waals surface area contributed by atoms with Gasteiger partial charge in [-0.2, -0.15) is 0 Å². The quantitative estimate of drug-likeness (QED) is 0.654. The number of hydrogen-bond acceptors (Lipinski definition) is 4. The Hall–Kier alpha value is -1.97. The first-order valence-electron chi connectivity index (χ1n) is 6.88. The van der Waals surface area contributed by atoms with Crippen LogP contribution in [0.5, 0.6) is 0 Å². The van der Waals surface area contributed by atoms with Gasteiger partial charge in [0.1, 0.15) is 11.4 Å². The van der Waals surface area contributed by atoms with E-state index in [-0.39, 0.29) is 11.7 Å². The summed E-state index contributed by atoms with van der Waals surface area (Å²) in [5, 5.41) is 9.74. The van der Waals surface area contributed by atoms with Crippen molar-refractivity contribution in [3.63, 3.8) is 0 Å². The normalized spacial score (nSPS) is 22.6. The summed E-state index contributed by atoms with van der Waals surface area (Å²) in [4.78, 5) is 11.6. The van der Waals surface area contributed by atoms with Crippen LogP contribution in [0.15, 0.2) is 36.1 Å². The molecule has 3 N–H and O–H groups in total.